The van der Waals surface area contributed by atoms with Gasteiger partial charge in [-0.25, -0.2) is 9.78 Å². The van der Waals surface area contributed by atoms with E-state index in [1.165, 1.54) is 19.3 Å². The van der Waals surface area contributed by atoms with Crippen molar-refractivity contribution in [2.45, 2.75) is 59.5 Å². The van der Waals surface area contributed by atoms with E-state index in [9.17, 15) is 9.90 Å². The first-order valence-electron chi connectivity index (χ1n) is 9.11. The van der Waals surface area contributed by atoms with Gasteiger partial charge < -0.3 is 9.51 Å². The van der Waals surface area contributed by atoms with Gasteiger partial charge in [-0.1, -0.05) is 20.8 Å². The Hall–Kier alpha value is -1.88. The van der Waals surface area contributed by atoms with E-state index in [2.05, 4.69) is 30.7 Å². The molecule has 4 rings (SSSR count). The number of hydrogen-bond acceptors (Lipinski definition) is 3. The number of likely N-dealkylation sites (tertiary alicyclic amines) is 1. The molecule has 2 unspecified atom stereocenters. The average molecular weight is 341 g/mol. The van der Waals surface area contributed by atoms with Crippen LogP contribution in [0, 0.1) is 17.8 Å². The number of fused-ring (bicyclic) bond motifs is 3. The number of aromatic carboxylic acids is 1. The third-order valence-corrected chi connectivity index (χ3v) is 5.96. The van der Waals surface area contributed by atoms with Gasteiger partial charge in [-0.15, -0.1) is 0 Å². The Morgan fingerprint density at radius 3 is 2.84 bits per heavy atom. The van der Waals surface area contributed by atoms with Crippen LogP contribution in [0.4, 0.5) is 0 Å². The number of aryl methyl sites for hydroxylation is 1. The van der Waals surface area contributed by atoms with Crippen molar-refractivity contribution in [2.75, 3.05) is 6.54 Å². The normalized spacial score (nSPS) is 28.6. The van der Waals surface area contributed by atoms with Crippen LogP contribution in [0.15, 0.2) is 18.3 Å². The first-order valence-corrected chi connectivity index (χ1v) is 9.11. The van der Waals surface area contributed by atoms with Crippen LogP contribution >= 0.6 is 0 Å². The quantitative estimate of drug-likeness (QED) is 0.924. The molecular weight excluding hydrogens is 314 g/mol. The summed E-state index contributed by atoms with van der Waals surface area (Å²) in [7, 11) is 0. The maximum Gasteiger partial charge on any atom is 0.356 e. The number of nitrogens with zero attached hydrogens (tertiary/aromatic N) is 3. The first kappa shape index (κ1) is 16.6. The molecule has 0 amide bonds. The zero-order valence-corrected chi connectivity index (χ0v) is 15.5. The molecule has 25 heavy (non-hydrogen) atoms. The summed E-state index contributed by atoms with van der Waals surface area (Å²) in [5.74, 6) is -0.940. The zero-order chi connectivity index (χ0) is 18.0. The van der Waals surface area contributed by atoms with Crippen molar-refractivity contribution >= 4 is 11.6 Å². The fourth-order valence-electron chi connectivity index (χ4n) is 5.47. The molecular formula is C20H27N3O2. The second-order valence-electron chi connectivity index (χ2n) is 9.26. The summed E-state index contributed by atoms with van der Waals surface area (Å²) in [5, 5.41) is 9.64. The first-order chi connectivity index (χ1) is 11.7. The Morgan fingerprint density at radius 2 is 2.12 bits per heavy atom. The highest BCUT2D eigenvalue weighted by Crippen LogP contribution is 2.52. The topological polar surface area (TPSA) is 57.8 Å². The Kier molecular flexibility index (Phi) is 3.52. The summed E-state index contributed by atoms with van der Waals surface area (Å²) in [4.78, 5) is 18.6. The lowest BCUT2D eigenvalue weighted by molar-refractivity contribution is 0.0687. The van der Waals surface area contributed by atoms with Gasteiger partial charge in [0.05, 0.1) is 5.69 Å². The van der Waals surface area contributed by atoms with E-state index in [-0.39, 0.29) is 5.69 Å². The van der Waals surface area contributed by atoms with Crippen molar-refractivity contribution in [3.63, 3.8) is 0 Å². The summed E-state index contributed by atoms with van der Waals surface area (Å²) in [5.41, 5.74) is 3.51. The minimum absolute atomic E-state index is 0.191. The molecule has 1 N–H and O–H groups in total. The SMILES string of the molecule is Cc1ccn2c(CN3CC4(C)CC3CC(C)(C)C4)c(C(=O)O)nc2c1. The molecule has 2 fully saturated rings. The molecule has 2 aromatic rings. The second-order valence-corrected chi connectivity index (χ2v) is 9.26. The van der Waals surface area contributed by atoms with Gasteiger partial charge >= 0.3 is 5.97 Å². The molecule has 5 nitrogen and oxygen atoms in total. The average Bonchev–Trinajstić information content (AvgIpc) is 2.93. The third kappa shape index (κ3) is 2.84. The van der Waals surface area contributed by atoms with Crippen LogP contribution in [0.3, 0.4) is 0 Å². The molecule has 2 aliphatic rings. The minimum atomic E-state index is -0.940. The maximum atomic E-state index is 11.7. The van der Waals surface area contributed by atoms with Crippen molar-refractivity contribution in [1.82, 2.24) is 14.3 Å². The second kappa shape index (κ2) is 5.31. The Labute approximate surface area is 148 Å². The van der Waals surface area contributed by atoms with Gasteiger partial charge in [-0.3, -0.25) is 4.90 Å². The molecule has 2 aromatic heterocycles. The smallest absolute Gasteiger partial charge is 0.356 e. The highest BCUT2D eigenvalue weighted by molar-refractivity contribution is 5.88. The minimum Gasteiger partial charge on any atom is -0.476 e. The molecule has 0 aromatic carbocycles. The van der Waals surface area contributed by atoms with E-state index in [1.807, 2.05) is 29.7 Å². The molecule has 0 radical (unpaired) electrons. The summed E-state index contributed by atoms with van der Waals surface area (Å²) < 4.78 is 1.95. The van der Waals surface area contributed by atoms with E-state index in [4.69, 9.17) is 0 Å². The van der Waals surface area contributed by atoms with E-state index >= 15 is 0 Å². The van der Waals surface area contributed by atoms with Gasteiger partial charge in [-0.05, 0) is 54.7 Å². The number of hydrogen-bond donors (Lipinski definition) is 1. The molecule has 2 atom stereocenters. The Bertz CT molecular complexity index is 854. The van der Waals surface area contributed by atoms with Crippen LogP contribution in [0.1, 0.15) is 61.8 Å². The van der Waals surface area contributed by atoms with Crippen LogP contribution in [0.5, 0.6) is 0 Å². The van der Waals surface area contributed by atoms with Gasteiger partial charge in [0.1, 0.15) is 5.65 Å². The number of imidazole rings is 1. The Balaban J connectivity index is 1.72. The fourth-order valence-corrected chi connectivity index (χ4v) is 5.47. The highest BCUT2D eigenvalue weighted by Gasteiger charge is 2.49. The van der Waals surface area contributed by atoms with Gasteiger partial charge in [0.2, 0.25) is 0 Å². The molecule has 0 spiro atoms. The van der Waals surface area contributed by atoms with Crippen molar-refractivity contribution < 1.29 is 9.90 Å². The van der Waals surface area contributed by atoms with Gasteiger partial charge in [0.25, 0.3) is 0 Å². The van der Waals surface area contributed by atoms with Gasteiger partial charge in [-0.2, -0.15) is 0 Å². The van der Waals surface area contributed by atoms with Crippen LogP contribution in [0.2, 0.25) is 0 Å². The number of carboxylic acid groups (broad SMARTS) is 1. The summed E-state index contributed by atoms with van der Waals surface area (Å²) >= 11 is 0. The largest absolute Gasteiger partial charge is 0.476 e. The molecule has 1 aliphatic carbocycles. The predicted molar refractivity (Wildman–Crippen MR) is 96.8 cm³/mol. The van der Waals surface area contributed by atoms with Crippen molar-refractivity contribution in [3.05, 3.63) is 35.3 Å². The number of pyridine rings is 1. The highest BCUT2D eigenvalue weighted by atomic mass is 16.4. The van der Waals surface area contributed by atoms with E-state index in [0.717, 1.165) is 23.4 Å². The van der Waals surface area contributed by atoms with E-state index in [0.29, 0.717) is 23.4 Å². The monoisotopic (exact) mass is 341 g/mol. The van der Waals surface area contributed by atoms with Crippen LogP contribution in [-0.2, 0) is 6.54 Å². The molecule has 1 saturated heterocycles. The van der Waals surface area contributed by atoms with E-state index < -0.39 is 5.97 Å². The zero-order valence-electron chi connectivity index (χ0n) is 15.5. The van der Waals surface area contributed by atoms with E-state index in [1.54, 1.807) is 0 Å². The predicted octanol–water partition coefficient (Wildman–Crippen LogP) is 3.74. The van der Waals surface area contributed by atoms with Crippen LogP contribution in [0.25, 0.3) is 5.65 Å². The molecule has 1 aliphatic heterocycles. The third-order valence-electron chi connectivity index (χ3n) is 5.96. The number of carboxylic acids is 1. The standard InChI is InChI=1S/C20H27N3O2/c1-13-5-6-23-15(17(18(24)25)21-16(23)7-13)10-22-12-20(4)9-14(22)8-19(2,3)11-20/h5-7,14H,8-12H2,1-4H3,(H,24,25). The summed E-state index contributed by atoms with van der Waals surface area (Å²) in [6.07, 6.45) is 5.59. The molecule has 1 saturated carbocycles. The Morgan fingerprint density at radius 1 is 1.36 bits per heavy atom. The molecule has 2 bridgehead atoms. The number of aromatic nitrogens is 2. The van der Waals surface area contributed by atoms with Gasteiger partial charge in [0.15, 0.2) is 5.69 Å². The lowest BCUT2D eigenvalue weighted by atomic mass is 9.65. The van der Waals surface area contributed by atoms with Gasteiger partial charge in [0, 0.05) is 25.3 Å². The van der Waals surface area contributed by atoms with Crippen LogP contribution < -0.4 is 0 Å². The molecule has 5 heteroatoms. The number of rotatable bonds is 3. The fraction of sp³-hybridized carbons (Fsp3) is 0.600. The lowest BCUT2D eigenvalue weighted by Crippen LogP contribution is -2.34. The van der Waals surface area contributed by atoms with Crippen LogP contribution in [-0.4, -0.2) is 37.9 Å². The van der Waals surface area contributed by atoms with Crippen molar-refractivity contribution in [1.29, 1.82) is 0 Å². The van der Waals surface area contributed by atoms with Crippen molar-refractivity contribution in [2.24, 2.45) is 10.8 Å². The van der Waals surface area contributed by atoms with Crippen molar-refractivity contribution in [3.8, 4) is 0 Å². The summed E-state index contributed by atoms with van der Waals surface area (Å²) in [6, 6.07) is 4.49. The number of carbonyl (C=O) groups is 1. The molecule has 134 valence electrons. The lowest BCUT2D eigenvalue weighted by Gasteiger charge is -2.39. The maximum absolute atomic E-state index is 11.7. The molecule has 3 heterocycles. The summed E-state index contributed by atoms with van der Waals surface area (Å²) in [6.45, 7) is 10.8.